The largest absolute Gasteiger partial charge is 0.507 e. The van der Waals surface area contributed by atoms with Gasteiger partial charge >= 0.3 is 0 Å². The quantitative estimate of drug-likeness (QED) is 0.336. The molecule has 0 radical (unpaired) electrons. The lowest BCUT2D eigenvalue weighted by Crippen LogP contribution is -2.31. The van der Waals surface area contributed by atoms with Crippen LogP contribution in [0.1, 0.15) is 28.3 Å². The molecule has 1 heterocycles. The van der Waals surface area contributed by atoms with Crippen LogP contribution in [0.2, 0.25) is 0 Å². The Labute approximate surface area is 191 Å². The molecule has 1 amide bonds. The summed E-state index contributed by atoms with van der Waals surface area (Å²) in [5, 5.41) is 11.2. The summed E-state index contributed by atoms with van der Waals surface area (Å²) in [6.07, 6.45) is 0.443. The Kier molecular flexibility index (Phi) is 6.27. The van der Waals surface area contributed by atoms with Crippen LogP contribution in [0, 0.1) is 12.7 Å². The maximum absolute atomic E-state index is 13.3. The molecule has 3 aromatic carbocycles. The molecule has 1 atom stereocenters. The summed E-state index contributed by atoms with van der Waals surface area (Å²) in [6, 6.07) is 19.6. The van der Waals surface area contributed by atoms with E-state index in [-0.39, 0.29) is 23.7 Å². The first-order chi connectivity index (χ1) is 15.9. The summed E-state index contributed by atoms with van der Waals surface area (Å²) < 4.78 is 18.5. The summed E-state index contributed by atoms with van der Waals surface area (Å²) in [4.78, 5) is 27.6. The van der Waals surface area contributed by atoms with Crippen LogP contribution in [0.25, 0.3) is 5.76 Å². The molecule has 1 aliphatic heterocycles. The number of benzene rings is 3. The van der Waals surface area contributed by atoms with Crippen molar-refractivity contribution < 1.29 is 23.8 Å². The Hall–Kier alpha value is -3.93. The number of aliphatic hydroxyl groups is 1. The molecular weight excluding hydrogens is 421 g/mol. The minimum atomic E-state index is -0.729. The van der Waals surface area contributed by atoms with Gasteiger partial charge in [0.25, 0.3) is 11.7 Å². The number of aryl methyl sites for hydroxylation is 1. The average Bonchev–Trinajstić information content (AvgIpc) is 3.08. The SMILES string of the molecule is COc1ccc(/C(O)=C2/C(=O)C(=O)N(CCc3ccc(F)cc3)C2c2ccccc2)c(C)c1. The molecule has 1 unspecified atom stereocenters. The van der Waals surface area contributed by atoms with Crippen molar-refractivity contribution in [2.24, 2.45) is 0 Å². The van der Waals surface area contributed by atoms with Crippen LogP contribution in [-0.2, 0) is 16.0 Å². The topological polar surface area (TPSA) is 66.8 Å². The molecule has 0 spiro atoms. The molecular formula is C27H24FNO4. The van der Waals surface area contributed by atoms with Crippen LogP contribution in [-0.4, -0.2) is 35.4 Å². The van der Waals surface area contributed by atoms with Gasteiger partial charge in [-0.2, -0.15) is 0 Å². The number of Topliss-reactive ketones (excluding diaryl/α,β-unsaturated/α-hetero) is 1. The van der Waals surface area contributed by atoms with Gasteiger partial charge in [0.1, 0.15) is 17.3 Å². The summed E-state index contributed by atoms with van der Waals surface area (Å²) >= 11 is 0. The molecule has 5 nitrogen and oxygen atoms in total. The molecule has 1 aliphatic rings. The predicted octanol–water partition coefficient (Wildman–Crippen LogP) is 4.81. The number of ketones is 1. The highest BCUT2D eigenvalue weighted by Gasteiger charge is 2.45. The van der Waals surface area contributed by atoms with E-state index >= 15 is 0 Å². The van der Waals surface area contributed by atoms with E-state index in [2.05, 4.69) is 0 Å². The lowest BCUT2D eigenvalue weighted by Gasteiger charge is -2.25. The van der Waals surface area contributed by atoms with Gasteiger partial charge in [-0.15, -0.1) is 0 Å². The molecule has 1 fully saturated rings. The van der Waals surface area contributed by atoms with Crippen molar-refractivity contribution >= 4 is 17.4 Å². The number of likely N-dealkylation sites (tertiary alicyclic amines) is 1. The van der Waals surface area contributed by atoms with E-state index in [1.807, 2.05) is 30.3 Å². The molecule has 6 heteroatoms. The number of aliphatic hydroxyl groups excluding tert-OH is 1. The van der Waals surface area contributed by atoms with Gasteiger partial charge in [-0.3, -0.25) is 9.59 Å². The van der Waals surface area contributed by atoms with E-state index in [1.165, 1.54) is 17.0 Å². The number of hydrogen-bond donors (Lipinski definition) is 1. The molecule has 33 heavy (non-hydrogen) atoms. The first-order valence-corrected chi connectivity index (χ1v) is 10.6. The maximum Gasteiger partial charge on any atom is 0.295 e. The second-order valence-electron chi connectivity index (χ2n) is 7.96. The number of carbonyl (C=O) groups excluding carboxylic acids is 2. The van der Waals surface area contributed by atoms with E-state index in [0.29, 0.717) is 17.7 Å². The molecule has 0 aromatic heterocycles. The van der Waals surface area contributed by atoms with E-state index in [0.717, 1.165) is 16.7 Å². The molecule has 1 N–H and O–H groups in total. The molecule has 4 rings (SSSR count). The molecule has 3 aromatic rings. The third-order valence-corrected chi connectivity index (χ3v) is 5.90. The van der Waals surface area contributed by atoms with Crippen LogP contribution in [0.3, 0.4) is 0 Å². The third kappa shape index (κ3) is 4.37. The number of nitrogens with zero attached hydrogens (tertiary/aromatic N) is 1. The zero-order valence-electron chi connectivity index (χ0n) is 18.4. The third-order valence-electron chi connectivity index (χ3n) is 5.90. The molecule has 1 saturated heterocycles. The van der Waals surface area contributed by atoms with E-state index < -0.39 is 17.7 Å². The van der Waals surface area contributed by atoms with Gasteiger partial charge in [0, 0.05) is 12.1 Å². The van der Waals surface area contributed by atoms with Crippen molar-refractivity contribution in [1.29, 1.82) is 0 Å². The molecule has 0 bridgehead atoms. The van der Waals surface area contributed by atoms with Gasteiger partial charge in [-0.25, -0.2) is 4.39 Å². The van der Waals surface area contributed by atoms with E-state index in [9.17, 15) is 19.1 Å². The second kappa shape index (κ2) is 9.28. The summed E-state index contributed by atoms with van der Waals surface area (Å²) in [6.45, 7) is 2.05. The average molecular weight is 445 g/mol. The fraction of sp³-hybridized carbons (Fsp3) is 0.185. The van der Waals surface area contributed by atoms with Crippen LogP contribution >= 0.6 is 0 Å². The van der Waals surface area contributed by atoms with Crippen molar-refractivity contribution in [2.75, 3.05) is 13.7 Å². The Morgan fingerprint density at radius 1 is 1.03 bits per heavy atom. The summed E-state index contributed by atoms with van der Waals surface area (Å²) in [5.74, 6) is -1.32. The van der Waals surface area contributed by atoms with Gasteiger partial charge in [0.15, 0.2) is 0 Å². The van der Waals surface area contributed by atoms with Gasteiger partial charge in [-0.05, 0) is 60.4 Å². The first kappa shape index (κ1) is 22.3. The Morgan fingerprint density at radius 3 is 2.36 bits per heavy atom. The number of halogens is 1. The lowest BCUT2D eigenvalue weighted by molar-refractivity contribution is -0.139. The second-order valence-corrected chi connectivity index (χ2v) is 7.96. The molecule has 0 aliphatic carbocycles. The standard InChI is InChI=1S/C27H24FNO4/c1-17-16-21(33-2)12-13-22(17)25(30)23-24(19-6-4-3-5-7-19)29(27(32)26(23)31)15-14-18-8-10-20(28)11-9-18/h3-13,16,24,30H,14-15H2,1-2H3/b25-23-. The van der Waals surface area contributed by atoms with Crippen molar-refractivity contribution in [3.63, 3.8) is 0 Å². The summed E-state index contributed by atoms with van der Waals surface area (Å²) in [5.41, 5.74) is 2.81. The van der Waals surface area contributed by atoms with Crippen LogP contribution in [0.4, 0.5) is 4.39 Å². The van der Waals surface area contributed by atoms with E-state index in [1.54, 1.807) is 44.4 Å². The lowest BCUT2D eigenvalue weighted by atomic mass is 9.94. The highest BCUT2D eigenvalue weighted by atomic mass is 19.1. The Morgan fingerprint density at radius 2 is 1.73 bits per heavy atom. The van der Waals surface area contributed by atoms with Crippen LogP contribution < -0.4 is 4.74 Å². The normalized spacial score (nSPS) is 17.4. The first-order valence-electron chi connectivity index (χ1n) is 10.6. The van der Waals surface area contributed by atoms with E-state index in [4.69, 9.17) is 4.74 Å². The zero-order chi connectivity index (χ0) is 23.5. The fourth-order valence-corrected chi connectivity index (χ4v) is 4.17. The minimum Gasteiger partial charge on any atom is -0.507 e. The number of rotatable bonds is 6. The summed E-state index contributed by atoms with van der Waals surface area (Å²) in [7, 11) is 1.55. The monoisotopic (exact) mass is 445 g/mol. The van der Waals surface area contributed by atoms with Gasteiger partial charge < -0.3 is 14.7 Å². The van der Waals surface area contributed by atoms with Crippen molar-refractivity contribution in [1.82, 2.24) is 4.90 Å². The number of methoxy groups -OCH3 is 1. The van der Waals surface area contributed by atoms with Crippen LogP contribution in [0.5, 0.6) is 5.75 Å². The van der Waals surface area contributed by atoms with Gasteiger partial charge in [0.05, 0.1) is 18.7 Å². The van der Waals surface area contributed by atoms with Crippen molar-refractivity contribution in [3.05, 3.63) is 106 Å². The number of amides is 1. The van der Waals surface area contributed by atoms with Crippen LogP contribution in [0.15, 0.2) is 78.4 Å². The Bertz CT molecular complexity index is 1220. The fourth-order valence-electron chi connectivity index (χ4n) is 4.17. The molecule has 0 saturated carbocycles. The maximum atomic E-state index is 13.3. The highest BCUT2D eigenvalue weighted by molar-refractivity contribution is 6.46. The number of ether oxygens (including phenoxy) is 1. The minimum absolute atomic E-state index is 0.0542. The molecule has 168 valence electrons. The highest BCUT2D eigenvalue weighted by Crippen LogP contribution is 2.40. The number of hydrogen-bond acceptors (Lipinski definition) is 4. The smallest absolute Gasteiger partial charge is 0.295 e. The zero-order valence-corrected chi connectivity index (χ0v) is 18.4. The Balaban J connectivity index is 1.77. The predicted molar refractivity (Wildman–Crippen MR) is 123 cm³/mol. The van der Waals surface area contributed by atoms with Gasteiger partial charge in [-0.1, -0.05) is 42.5 Å². The number of carbonyl (C=O) groups is 2. The van der Waals surface area contributed by atoms with Crippen molar-refractivity contribution in [2.45, 2.75) is 19.4 Å². The van der Waals surface area contributed by atoms with Gasteiger partial charge in [0.2, 0.25) is 0 Å². The van der Waals surface area contributed by atoms with Crippen molar-refractivity contribution in [3.8, 4) is 5.75 Å².